The number of rotatable bonds is 0. The van der Waals surface area contributed by atoms with Crippen LogP contribution in [0.3, 0.4) is 0 Å². The van der Waals surface area contributed by atoms with Crippen LogP contribution >= 0.6 is 33.0 Å². The Kier molecular flexibility index (Phi) is 5.66. The van der Waals surface area contributed by atoms with Gasteiger partial charge in [-0.05, 0) is 12.1 Å². The molecule has 6 heteroatoms. The molecule has 0 aliphatic rings. The molecular formula is C6H6Cl3O2S. The van der Waals surface area contributed by atoms with Gasteiger partial charge in [-0.3, -0.25) is 0 Å². The lowest BCUT2D eigenvalue weighted by molar-refractivity contribution is 0.621. The number of hydrogen-bond donors (Lipinski definition) is 0. The molecule has 0 fully saturated rings. The summed E-state index contributed by atoms with van der Waals surface area (Å²) in [6.45, 7) is 0. The third-order valence-corrected chi connectivity index (χ3v) is 0.985. The molecule has 1 aromatic carbocycles. The molecule has 12 heavy (non-hydrogen) atoms. The van der Waals surface area contributed by atoms with Crippen LogP contribution in [-0.4, -0.2) is 8.42 Å². The van der Waals surface area contributed by atoms with Gasteiger partial charge in [0.25, 0.3) is 0 Å². The van der Waals surface area contributed by atoms with Gasteiger partial charge in [0.1, 0.15) is 0 Å². The summed E-state index contributed by atoms with van der Waals surface area (Å²) in [4.78, 5) is 0. The van der Waals surface area contributed by atoms with E-state index < -0.39 is 8.26 Å². The molecule has 2 nitrogen and oxygen atoms in total. The largest absolute Gasteiger partial charge is 0.317 e. The molecule has 0 bridgehead atoms. The molecule has 0 aromatic heterocycles. The van der Waals surface area contributed by atoms with E-state index in [1.807, 2.05) is 30.3 Å². The molecule has 0 unspecified atom stereocenters. The fraction of sp³-hybridized carbons (Fsp3) is 0. The van der Waals surface area contributed by atoms with Crippen LogP contribution < -0.4 is 0 Å². The maximum atomic E-state index is 9.16. The van der Waals surface area contributed by atoms with Crippen molar-refractivity contribution in [3.63, 3.8) is 0 Å². The van der Waals surface area contributed by atoms with E-state index in [2.05, 4.69) is 21.4 Å². The van der Waals surface area contributed by atoms with Crippen molar-refractivity contribution in [1.82, 2.24) is 0 Å². The lowest BCUT2D eigenvalue weighted by Crippen LogP contribution is -1.63. The van der Waals surface area contributed by atoms with E-state index in [0.717, 1.165) is 5.02 Å². The van der Waals surface area contributed by atoms with Crippen LogP contribution in [0.25, 0.3) is 0 Å². The maximum Gasteiger partial charge on any atom is 0.317 e. The fourth-order valence-corrected chi connectivity index (χ4v) is 0.560. The first kappa shape index (κ1) is 12.0. The van der Waals surface area contributed by atoms with Gasteiger partial charge in [0.15, 0.2) is 0 Å². The third kappa shape index (κ3) is 12.7. The van der Waals surface area contributed by atoms with Crippen LogP contribution in [-0.2, 0) is 8.26 Å². The van der Waals surface area contributed by atoms with E-state index in [1.165, 1.54) is 0 Å². The van der Waals surface area contributed by atoms with Gasteiger partial charge in [-0.25, -0.2) is 0 Å². The van der Waals surface area contributed by atoms with E-state index in [1.54, 1.807) is 0 Å². The van der Waals surface area contributed by atoms with E-state index in [9.17, 15) is 0 Å². The molecule has 0 aliphatic heterocycles. The molecule has 69 valence electrons. The Bertz CT molecular complexity index is 306. The summed E-state index contributed by atoms with van der Waals surface area (Å²) >= 11 is 5.54. The first-order chi connectivity index (χ1) is 5.39. The second-order valence-electron chi connectivity index (χ2n) is 1.67. The summed E-state index contributed by atoms with van der Waals surface area (Å²) in [5, 5.41) is 0.794. The number of halogens is 3. The van der Waals surface area contributed by atoms with E-state index in [4.69, 9.17) is 20.0 Å². The molecule has 0 aliphatic carbocycles. The summed E-state index contributed by atoms with van der Waals surface area (Å²) in [5.41, 5.74) is 0. The minimum Gasteiger partial charge on any atom is -0.195 e. The Morgan fingerprint density at radius 2 is 1.42 bits per heavy atom. The molecule has 1 aromatic rings. The molecule has 0 atom stereocenters. The van der Waals surface area contributed by atoms with Crippen molar-refractivity contribution in [2.75, 3.05) is 0 Å². The Morgan fingerprint density at radius 3 is 1.58 bits per heavy atom. The summed E-state index contributed by atoms with van der Waals surface area (Å²) in [6, 6.07) is 9.44. The number of benzene rings is 1. The SMILES string of the molecule is Clc1ccccc1.O=S(=O)(Cl)Cl.[2H]. The zero-order valence-corrected chi connectivity index (χ0v) is 8.83. The van der Waals surface area contributed by atoms with Crippen molar-refractivity contribution >= 4 is 41.2 Å². The number of hydrogen-bond acceptors (Lipinski definition) is 2. The molecule has 1 rings (SSSR count). The molecule has 0 saturated heterocycles. The summed E-state index contributed by atoms with van der Waals surface area (Å²) < 4.78 is 18.3. The standard InChI is InChI=1S/C6H5Cl.Cl2O2S.H/c7-6-4-2-1-3-5-6;1-5(2,3)4;/h1-5H;;/i;;1+1. The van der Waals surface area contributed by atoms with Crippen LogP contribution in [0.4, 0.5) is 0 Å². The average Bonchev–Trinajstić information content (AvgIpc) is 1.85. The first-order valence-corrected chi connectivity index (χ1v) is 6.26. The molecular weight excluding hydrogens is 242 g/mol. The zero-order chi connectivity index (χ0) is 9.61. The maximum absolute atomic E-state index is 9.16. The van der Waals surface area contributed by atoms with Gasteiger partial charge in [-0.15, -0.1) is 0 Å². The Balaban J connectivity index is 0. The van der Waals surface area contributed by atoms with Gasteiger partial charge >= 0.3 is 8.26 Å². The normalized spacial score (nSPS) is 9.92. The Morgan fingerprint density at radius 1 is 1.08 bits per heavy atom. The smallest absolute Gasteiger partial charge is 0.195 e. The Hall–Kier alpha value is 0.0400. The predicted octanol–water partition coefficient (Wildman–Crippen LogP) is 3.16. The van der Waals surface area contributed by atoms with Gasteiger partial charge in [0.2, 0.25) is 0 Å². The van der Waals surface area contributed by atoms with Crippen molar-refractivity contribution in [2.24, 2.45) is 0 Å². The molecule has 1 radical (unpaired) electrons. The van der Waals surface area contributed by atoms with Crippen LogP contribution in [0, 0.1) is 0 Å². The lowest BCUT2D eigenvalue weighted by atomic mass is 10.4. The highest BCUT2D eigenvalue weighted by Gasteiger charge is 1.88. The van der Waals surface area contributed by atoms with Crippen molar-refractivity contribution in [3.05, 3.63) is 35.4 Å². The van der Waals surface area contributed by atoms with Crippen LogP contribution in [0.2, 0.25) is 5.02 Å². The molecule has 0 spiro atoms. The molecule has 0 heterocycles. The minimum atomic E-state index is -3.72. The first-order valence-electron chi connectivity index (χ1n) is 2.74. The fourth-order valence-electron chi connectivity index (χ4n) is 0.415. The van der Waals surface area contributed by atoms with Crippen molar-refractivity contribution in [2.45, 2.75) is 0 Å². The van der Waals surface area contributed by atoms with Gasteiger partial charge in [-0.1, -0.05) is 29.8 Å². The van der Waals surface area contributed by atoms with E-state index in [-0.39, 0.29) is 1.43 Å². The quantitative estimate of drug-likeness (QED) is 0.662. The van der Waals surface area contributed by atoms with Crippen molar-refractivity contribution in [1.29, 1.82) is 0 Å². The van der Waals surface area contributed by atoms with E-state index in [0.29, 0.717) is 0 Å². The average molecular weight is 250 g/mol. The second kappa shape index (κ2) is 5.65. The predicted molar refractivity (Wildman–Crippen MR) is 53.2 cm³/mol. The van der Waals surface area contributed by atoms with Crippen molar-refractivity contribution in [3.8, 4) is 0 Å². The lowest BCUT2D eigenvalue weighted by Gasteiger charge is -1.80. The topological polar surface area (TPSA) is 34.1 Å². The monoisotopic (exact) mass is 248 g/mol. The summed E-state index contributed by atoms with van der Waals surface area (Å²) in [5.74, 6) is 0. The Labute approximate surface area is 86.5 Å². The van der Waals surface area contributed by atoms with Crippen molar-refractivity contribution < 1.29 is 9.84 Å². The van der Waals surface area contributed by atoms with Crippen LogP contribution in [0.1, 0.15) is 1.43 Å². The van der Waals surface area contributed by atoms with Gasteiger partial charge < -0.3 is 0 Å². The molecule has 0 N–H and O–H groups in total. The van der Waals surface area contributed by atoms with Crippen LogP contribution in [0.15, 0.2) is 30.3 Å². The second-order valence-corrected chi connectivity index (χ2v) is 5.78. The van der Waals surface area contributed by atoms with Gasteiger partial charge in [-0.2, -0.15) is 8.42 Å². The molecule has 0 saturated carbocycles. The minimum absolute atomic E-state index is 0. The van der Waals surface area contributed by atoms with Gasteiger partial charge in [0, 0.05) is 27.8 Å². The summed E-state index contributed by atoms with van der Waals surface area (Å²) in [6.07, 6.45) is 0. The zero-order valence-electron chi connectivity index (χ0n) is 6.75. The van der Waals surface area contributed by atoms with Gasteiger partial charge in [0.05, 0.1) is 0 Å². The van der Waals surface area contributed by atoms with E-state index >= 15 is 0 Å². The highest BCUT2D eigenvalue weighted by molar-refractivity contribution is 8.31. The summed E-state index contributed by atoms with van der Waals surface area (Å²) in [7, 11) is 4.81. The highest BCUT2D eigenvalue weighted by atomic mass is 36.0. The highest BCUT2D eigenvalue weighted by Crippen LogP contribution is 2.03. The third-order valence-electron chi connectivity index (χ3n) is 0.733. The van der Waals surface area contributed by atoms with Crippen LogP contribution in [0.5, 0.6) is 0 Å². The molecule has 0 amide bonds.